The van der Waals surface area contributed by atoms with Crippen molar-refractivity contribution in [3.8, 4) is 0 Å². The van der Waals surface area contributed by atoms with Gasteiger partial charge in [0, 0.05) is 12.0 Å². The van der Waals surface area contributed by atoms with E-state index in [9.17, 15) is 4.79 Å². The quantitative estimate of drug-likeness (QED) is 0.813. The van der Waals surface area contributed by atoms with Crippen molar-refractivity contribution in [1.82, 2.24) is 4.98 Å². The number of amides is 1. The van der Waals surface area contributed by atoms with Crippen LogP contribution >= 0.6 is 0 Å². The van der Waals surface area contributed by atoms with Crippen molar-refractivity contribution in [3.63, 3.8) is 0 Å². The second kappa shape index (κ2) is 6.99. The fourth-order valence-corrected chi connectivity index (χ4v) is 1.75. The number of hydrogen-bond donors (Lipinski definition) is 2. The van der Waals surface area contributed by atoms with Crippen LogP contribution in [0.3, 0.4) is 0 Å². The number of hydrogen-bond acceptors (Lipinski definition) is 3. The van der Waals surface area contributed by atoms with Gasteiger partial charge in [-0.2, -0.15) is 0 Å². The van der Waals surface area contributed by atoms with Crippen LogP contribution in [0.25, 0.3) is 0 Å². The zero-order valence-corrected chi connectivity index (χ0v) is 11.7. The highest BCUT2D eigenvalue weighted by Gasteiger charge is 2.13. The third-order valence-electron chi connectivity index (χ3n) is 2.82. The summed E-state index contributed by atoms with van der Waals surface area (Å²) in [5.74, 6) is 0.982. The highest BCUT2D eigenvalue weighted by molar-refractivity contribution is 5.92. The zero-order valence-electron chi connectivity index (χ0n) is 11.7. The Hall–Kier alpha value is -1.58. The van der Waals surface area contributed by atoms with Crippen molar-refractivity contribution >= 4 is 17.4 Å². The Bertz CT molecular complexity index is 369. The van der Waals surface area contributed by atoms with Gasteiger partial charge in [-0.05, 0) is 38.8 Å². The zero-order chi connectivity index (χ0) is 13.5. The summed E-state index contributed by atoms with van der Waals surface area (Å²) >= 11 is 0. The van der Waals surface area contributed by atoms with Crippen LogP contribution in [0.1, 0.15) is 40.5 Å². The molecule has 0 aromatic carbocycles. The molecule has 0 saturated heterocycles. The van der Waals surface area contributed by atoms with Crippen molar-refractivity contribution in [1.29, 1.82) is 0 Å². The van der Waals surface area contributed by atoms with Crippen molar-refractivity contribution in [2.24, 2.45) is 5.92 Å². The molecule has 1 aromatic rings. The van der Waals surface area contributed by atoms with Gasteiger partial charge < -0.3 is 10.6 Å². The van der Waals surface area contributed by atoms with E-state index in [-0.39, 0.29) is 11.8 Å². The summed E-state index contributed by atoms with van der Waals surface area (Å²) in [7, 11) is 0. The summed E-state index contributed by atoms with van der Waals surface area (Å²) in [6.45, 7) is 8.18. The molecule has 0 aliphatic heterocycles. The second-order valence-electron chi connectivity index (χ2n) is 4.73. The summed E-state index contributed by atoms with van der Waals surface area (Å²) in [5, 5.41) is 6.10. The molecular formula is C14H23N3O. The lowest BCUT2D eigenvalue weighted by atomic mass is 10.0. The lowest BCUT2D eigenvalue weighted by Gasteiger charge is -2.13. The van der Waals surface area contributed by atoms with E-state index in [0.717, 1.165) is 24.3 Å². The molecular weight excluding hydrogens is 226 g/mol. The van der Waals surface area contributed by atoms with Crippen LogP contribution in [-0.4, -0.2) is 16.9 Å². The van der Waals surface area contributed by atoms with Crippen LogP contribution in [0.15, 0.2) is 18.3 Å². The molecule has 0 atom stereocenters. The van der Waals surface area contributed by atoms with Gasteiger partial charge >= 0.3 is 0 Å². The Kier molecular flexibility index (Phi) is 5.62. The molecule has 0 aliphatic rings. The fraction of sp³-hybridized carbons (Fsp3) is 0.571. The molecule has 0 aliphatic carbocycles. The Morgan fingerprint density at radius 3 is 2.39 bits per heavy atom. The lowest BCUT2D eigenvalue weighted by molar-refractivity contribution is -0.120. The topological polar surface area (TPSA) is 54.0 Å². The standard InChI is InChI=1S/C14H23N3O/c1-5-11(6-2)14(18)17-12-7-8-13(15-9-12)16-10(3)4/h7-11H,5-6H2,1-4H3,(H,15,16)(H,17,18). The lowest BCUT2D eigenvalue weighted by Crippen LogP contribution is -2.21. The molecule has 1 aromatic heterocycles. The summed E-state index contributed by atoms with van der Waals surface area (Å²) in [6.07, 6.45) is 3.41. The molecule has 0 spiro atoms. The third kappa shape index (κ3) is 4.35. The normalized spacial score (nSPS) is 10.8. The van der Waals surface area contributed by atoms with Crippen molar-refractivity contribution < 1.29 is 4.79 Å². The summed E-state index contributed by atoms with van der Waals surface area (Å²) < 4.78 is 0. The molecule has 4 nitrogen and oxygen atoms in total. The Morgan fingerprint density at radius 1 is 1.28 bits per heavy atom. The first-order valence-electron chi connectivity index (χ1n) is 6.60. The monoisotopic (exact) mass is 249 g/mol. The van der Waals surface area contributed by atoms with Gasteiger partial charge in [0.1, 0.15) is 5.82 Å². The minimum atomic E-state index is 0.0753. The maximum Gasteiger partial charge on any atom is 0.227 e. The van der Waals surface area contributed by atoms with Gasteiger partial charge in [-0.1, -0.05) is 13.8 Å². The largest absolute Gasteiger partial charge is 0.368 e. The van der Waals surface area contributed by atoms with E-state index >= 15 is 0 Å². The average Bonchev–Trinajstić information content (AvgIpc) is 2.32. The highest BCUT2D eigenvalue weighted by atomic mass is 16.1. The smallest absolute Gasteiger partial charge is 0.227 e. The van der Waals surface area contributed by atoms with Gasteiger partial charge in [0.15, 0.2) is 0 Å². The Morgan fingerprint density at radius 2 is 1.94 bits per heavy atom. The van der Waals surface area contributed by atoms with Gasteiger partial charge in [-0.25, -0.2) is 4.98 Å². The predicted octanol–water partition coefficient (Wildman–Crippen LogP) is 3.28. The van der Waals surface area contributed by atoms with Gasteiger partial charge in [-0.15, -0.1) is 0 Å². The molecule has 18 heavy (non-hydrogen) atoms. The number of pyridine rings is 1. The molecule has 1 amide bonds. The second-order valence-corrected chi connectivity index (χ2v) is 4.73. The third-order valence-corrected chi connectivity index (χ3v) is 2.82. The number of aromatic nitrogens is 1. The molecule has 0 unspecified atom stereocenters. The number of anilines is 2. The van der Waals surface area contributed by atoms with Crippen molar-refractivity contribution in [2.75, 3.05) is 10.6 Å². The Balaban J connectivity index is 2.60. The van der Waals surface area contributed by atoms with E-state index in [1.54, 1.807) is 6.20 Å². The number of carbonyl (C=O) groups is 1. The molecule has 0 radical (unpaired) electrons. The maximum absolute atomic E-state index is 11.9. The summed E-state index contributed by atoms with van der Waals surface area (Å²) in [6, 6.07) is 4.10. The van der Waals surface area contributed by atoms with E-state index in [1.807, 2.05) is 26.0 Å². The molecule has 100 valence electrons. The predicted molar refractivity (Wildman–Crippen MR) is 75.7 cm³/mol. The van der Waals surface area contributed by atoms with E-state index in [0.29, 0.717) is 6.04 Å². The fourth-order valence-electron chi connectivity index (χ4n) is 1.75. The van der Waals surface area contributed by atoms with Crippen LogP contribution in [-0.2, 0) is 4.79 Å². The highest BCUT2D eigenvalue weighted by Crippen LogP contribution is 2.14. The van der Waals surface area contributed by atoms with Crippen LogP contribution in [0.5, 0.6) is 0 Å². The van der Waals surface area contributed by atoms with Crippen LogP contribution in [0, 0.1) is 5.92 Å². The molecule has 0 fully saturated rings. The Labute approximate surface area is 109 Å². The van der Waals surface area contributed by atoms with Gasteiger partial charge in [0.25, 0.3) is 0 Å². The molecule has 2 N–H and O–H groups in total. The summed E-state index contributed by atoms with van der Waals surface area (Å²) in [4.78, 5) is 16.1. The summed E-state index contributed by atoms with van der Waals surface area (Å²) in [5.41, 5.74) is 0.751. The van der Waals surface area contributed by atoms with E-state index in [4.69, 9.17) is 0 Å². The SMILES string of the molecule is CCC(CC)C(=O)Nc1ccc(NC(C)C)nc1. The first-order chi connectivity index (χ1) is 8.56. The maximum atomic E-state index is 11.9. The van der Waals surface area contributed by atoms with Gasteiger partial charge in [-0.3, -0.25) is 4.79 Å². The van der Waals surface area contributed by atoms with Crippen LogP contribution in [0.4, 0.5) is 11.5 Å². The minimum Gasteiger partial charge on any atom is -0.368 e. The average molecular weight is 249 g/mol. The van der Waals surface area contributed by atoms with Crippen molar-refractivity contribution in [2.45, 2.75) is 46.6 Å². The number of rotatable bonds is 6. The van der Waals surface area contributed by atoms with Crippen molar-refractivity contribution in [3.05, 3.63) is 18.3 Å². The first-order valence-corrected chi connectivity index (χ1v) is 6.60. The van der Waals surface area contributed by atoms with E-state index < -0.39 is 0 Å². The molecule has 1 rings (SSSR count). The van der Waals surface area contributed by atoms with E-state index in [2.05, 4.69) is 29.5 Å². The number of nitrogens with one attached hydrogen (secondary N) is 2. The number of carbonyl (C=O) groups excluding carboxylic acids is 1. The molecule has 0 saturated carbocycles. The molecule has 4 heteroatoms. The van der Waals surface area contributed by atoms with Crippen LogP contribution in [0.2, 0.25) is 0 Å². The van der Waals surface area contributed by atoms with Gasteiger partial charge in [0.2, 0.25) is 5.91 Å². The molecule has 1 heterocycles. The minimum absolute atomic E-state index is 0.0753. The first kappa shape index (κ1) is 14.5. The number of nitrogens with zero attached hydrogens (tertiary/aromatic N) is 1. The van der Waals surface area contributed by atoms with Gasteiger partial charge in [0.05, 0.1) is 11.9 Å². The van der Waals surface area contributed by atoms with Crippen LogP contribution < -0.4 is 10.6 Å². The molecule has 0 bridgehead atoms. The van der Waals surface area contributed by atoms with E-state index in [1.165, 1.54) is 0 Å².